The van der Waals surface area contributed by atoms with E-state index >= 15 is 0 Å². The Morgan fingerprint density at radius 2 is 1.76 bits per heavy atom. The molecule has 0 spiro atoms. The normalized spacial score (nSPS) is 11.5. The Bertz CT molecular complexity index is 437. The molecule has 4 heteroatoms. The molecule has 118 valence electrons. The number of hydrogen-bond acceptors (Lipinski definition) is 3. The first kappa shape index (κ1) is 17.5. The first-order valence-corrected chi connectivity index (χ1v) is 7.60. The monoisotopic (exact) mass is 292 g/mol. The summed E-state index contributed by atoms with van der Waals surface area (Å²) in [7, 11) is 1.64. The number of carbonyl (C=O) groups excluding carboxylic acids is 1. The quantitative estimate of drug-likeness (QED) is 0.800. The molecule has 0 saturated heterocycles. The van der Waals surface area contributed by atoms with Gasteiger partial charge in [-0.05, 0) is 44.6 Å². The van der Waals surface area contributed by atoms with Crippen molar-refractivity contribution in [3.63, 3.8) is 0 Å². The summed E-state index contributed by atoms with van der Waals surface area (Å²) >= 11 is 0. The van der Waals surface area contributed by atoms with Crippen molar-refractivity contribution in [2.75, 3.05) is 33.3 Å². The van der Waals surface area contributed by atoms with Gasteiger partial charge in [0.25, 0.3) is 0 Å². The predicted octanol–water partition coefficient (Wildman–Crippen LogP) is 2.43. The second-order valence-corrected chi connectivity index (χ2v) is 5.64. The first-order chi connectivity index (χ1) is 9.95. The number of methoxy groups -OCH3 is 1. The molecule has 0 radical (unpaired) electrons. The van der Waals surface area contributed by atoms with E-state index in [1.807, 2.05) is 38.1 Å². The second kappa shape index (κ2) is 8.03. The lowest BCUT2D eigenvalue weighted by atomic mass is 9.83. The highest BCUT2D eigenvalue weighted by molar-refractivity contribution is 5.87. The number of nitrogens with zero attached hydrogens (tertiary/aromatic N) is 1. The molecule has 0 bridgehead atoms. The summed E-state index contributed by atoms with van der Waals surface area (Å²) in [6, 6.07) is 7.67. The van der Waals surface area contributed by atoms with Crippen molar-refractivity contribution in [2.24, 2.45) is 0 Å². The fourth-order valence-corrected chi connectivity index (χ4v) is 2.23. The van der Waals surface area contributed by atoms with E-state index in [9.17, 15) is 4.79 Å². The lowest BCUT2D eigenvalue weighted by Gasteiger charge is -2.25. The highest BCUT2D eigenvalue weighted by Gasteiger charge is 2.29. The van der Waals surface area contributed by atoms with E-state index in [1.165, 1.54) is 0 Å². The van der Waals surface area contributed by atoms with Gasteiger partial charge in [0.05, 0.1) is 12.5 Å². The molecule has 0 heterocycles. The Hall–Kier alpha value is -1.55. The zero-order chi connectivity index (χ0) is 15.9. The summed E-state index contributed by atoms with van der Waals surface area (Å²) in [5, 5.41) is 3.04. The molecule has 0 aliphatic rings. The van der Waals surface area contributed by atoms with Crippen molar-refractivity contribution >= 4 is 5.91 Å². The van der Waals surface area contributed by atoms with Crippen molar-refractivity contribution in [1.82, 2.24) is 10.2 Å². The molecule has 0 fully saturated rings. The molecule has 0 aliphatic carbocycles. The van der Waals surface area contributed by atoms with Gasteiger partial charge in [0.1, 0.15) is 5.75 Å². The zero-order valence-corrected chi connectivity index (χ0v) is 13.9. The van der Waals surface area contributed by atoms with Crippen molar-refractivity contribution < 1.29 is 9.53 Å². The van der Waals surface area contributed by atoms with E-state index < -0.39 is 5.41 Å². The number of rotatable bonds is 8. The van der Waals surface area contributed by atoms with Gasteiger partial charge in [-0.3, -0.25) is 4.79 Å². The molecule has 0 unspecified atom stereocenters. The predicted molar refractivity (Wildman–Crippen MR) is 86.8 cm³/mol. The number of amides is 1. The van der Waals surface area contributed by atoms with Gasteiger partial charge in [-0.1, -0.05) is 26.0 Å². The van der Waals surface area contributed by atoms with Gasteiger partial charge in [-0.25, -0.2) is 0 Å². The number of likely N-dealkylation sites (N-methyl/N-ethyl adjacent to an activating group) is 1. The van der Waals surface area contributed by atoms with E-state index in [4.69, 9.17) is 4.74 Å². The summed E-state index contributed by atoms with van der Waals surface area (Å²) in [4.78, 5) is 14.7. The fraction of sp³-hybridized carbons (Fsp3) is 0.588. The lowest BCUT2D eigenvalue weighted by molar-refractivity contribution is -0.125. The van der Waals surface area contributed by atoms with Crippen LogP contribution in [-0.2, 0) is 10.2 Å². The highest BCUT2D eigenvalue weighted by Crippen LogP contribution is 2.25. The minimum atomic E-state index is -0.546. The van der Waals surface area contributed by atoms with Crippen LogP contribution in [0.3, 0.4) is 0 Å². The molecule has 4 nitrogen and oxygen atoms in total. The van der Waals surface area contributed by atoms with Gasteiger partial charge in [0.15, 0.2) is 0 Å². The molecule has 1 amide bonds. The van der Waals surface area contributed by atoms with Gasteiger partial charge in [0, 0.05) is 13.1 Å². The molecule has 1 N–H and O–H groups in total. The number of carbonyl (C=O) groups is 1. The Labute approximate surface area is 128 Å². The number of hydrogen-bond donors (Lipinski definition) is 1. The summed E-state index contributed by atoms with van der Waals surface area (Å²) in [6.07, 6.45) is 0. The van der Waals surface area contributed by atoms with Crippen LogP contribution in [0.1, 0.15) is 33.3 Å². The molecular weight excluding hydrogens is 264 g/mol. The van der Waals surface area contributed by atoms with Gasteiger partial charge in [-0.15, -0.1) is 0 Å². The lowest BCUT2D eigenvalue weighted by Crippen LogP contribution is -2.43. The number of benzene rings is 1. The third-order valence-corrected chi connectivity index (χ3v) is 3.99. The van der Waals surface area contributed by atoms with Crippen LogP contribution in [0.5, 0.6) is 5.75 Å². The minimum Gasteiger partial charge on any atom is -0.497 e. The highest BCUT2D eigenvalue weighted by atomic mass is 16.5. The topological polar surface area (TPSA) is 41.6 Å². The third kappa shape index (κ3) is 4.74. The van der Waals surface area contributed by atoms with Crippen LogP contribution in [0, 0.1) is 0 Å². The van der Waals surface area contributed by atoms with E-state index in [1.54, 1.807) is 7.11 Å². The smallest absolute Gasteiger partial charge is 0.230 e. The SMILES string of the molecule is CCN(CC)CCNC(=O)C(C)(C)c1ccc(OC)cc1. The Morgan fingerprint density at radius 1 is 1.19 bits per heavy atom. The number of ether oxygens (including phenoxy) is 1. The Morgan fingerprint density at radius 3 is 2.24 bits per heavy atom. The van der Waals surface area contributed by atoms with Gasteiger partial charge in [0.2, 0.25) is 5.91 Å². The molecule has 0 atom stereocenters. The second-order valence-electron chi connectivity index (χ2n) is 5.64. The maximum absolute atomic E-state index is 12.4. The molecular formula is C17H28N2O2. The standard InChI is InChI=1S/C17H28N2O2/c1-6-19(7-2)13-12-18-16(20)17(3,4)14-8-10-15(21-5)11-9-14/h8-11H,6-7,12-13H2,1-5H3,(H,18,20). The Balaban J connectivity index is 2.61. The van der Waals surface area contributed by atoms with Crippen LogP contribution in [0.2, 0.25) is 0 Å². The summed E-state index contributed by atoms with van der Waals surface area (Å²) in [5.41, 5.74) is 0.443. The van der Waals surface area contributed by atoms with Crippen molar-refractivity contribution in [3.05, 3.63) is 29.8 Å². The Kier molecular flexibility index (Phi) is 6.69. The molecule has 0 aliphatic heterocycles. The maximum atomic E-state index is 12.4. The summed E-state index contributed by atoms with van der Waals surface area (Å²) < 4.78 is 5.15. The maximum Gasteiger partial charge on any atom is 0.230 e. The molecule has 1 rings (SSSR count). The number of nitrogens with one attached hydrogen (secondary N) is 1. The van der Waals surface area contributed by atoms with Crippen LogP contribution in [0.25, 0.3) is 0 Å². The molecule has 0 saturated carbocycles. The van der Waals surface area contributed by atoms with Gasteiger partial charge < -0.3 is 15.0 Å². The summed E-state index contributed by atoms with van der Waals surface area (Å²) in [6.45, 7) is 11.7. The minimum absolute atomic E-state index is 0.0554. The largest absolute Gasteiger partial charge is 0.497 e. The third-order valence-electron chi connectivity index (χ3n) is 3.99. The molecule has 21 heavy (non-hydrogen) atoms. The van der Waals surface area contributed by atoms with Crippen LogP contribution in [-0.4, -0.2) is 44.1 Å². The average Bonchev–Trinajstić information content (AvgIpc) is 2.51. The molecule has 1 aromatic carbocycles. The molecule has 0 aromatic heterocycles. The van der Waals surface area contributed by atoms with Gasteiger partial charge >= 0.3 is 0 Å². The van der Waals surface area contributed by atoms with E-state index in [2.05, 4.69) is 24.1 Å². The van der Waals surface area contributed by atoms with Crippen molar-refractivity contribution in [2.45, 2.75) is 33.1 Å². The van der Waals surface area contributed by atoms with E-state index in [0.717, 1.165) is 30.9 Å². The van der Waals surface area contributed by atoms with Crippen LogP contribution >= 0.6 is 0 Å². The van der Waals surface area contributed by atoms with E-state index in [0.29, 0.717) is 6.54 Å². The van der Waals surface area contributed by atoms with Crippen molar-refractivity contribution in [1.29, 1.82) is 0 Å². The molecule has 1 aromatic rings. The van der Waals surface area contributed by atoms with Crippen LogP contribution < -0.4 is 10.1 Å². The average molecular weight is 292 g/mol. The van der Waals surface area contributed by atoms with E-state index in [-0.39, 0.29) is 5.91 Å². The van der Waals surface area contributed by atoms with Crippen LogP contribution in [0.4, 0.5) is 0 Å². The summed E-state index contributed by atoms with van der Waals surface area (Å²) in [5.74, 6) is 0.858. The fourth-order valence-electron chi connectivity index (χ4n) is 2.23. The van der Waals surface area contributed by atoms with Crippen molar-refractivity contribution in [3.8, 4) is 5.75 Å². The first-order valence-electron chi connectivity index (χ1n) is 7.60. The van der Waals surface area contributed by atoms with Crippen LogP contribution in [0.15, 0.2) is 24.3 Å². The zero-order valence-electron chi connectivity index (χ0n) is 13.9. The van der Waals surface area contributed by atoms with Gasteiger partial charge in [-0.2, -0.15) is 0 Å².